The van der Waals surface area contributed by atoms with Crippen molar-refractivity contribution < 1.29 is 23.9 Å². The van der Waals surface area contributed by atoms with E-state index in [1.54, 1.807) is 0 Å². The molecule has 0 fully saturated rings. The van der Waals surface area contributed by atoms with Crippen LogP contribution in [0.1, 0.15) is 51.5 Å². The van der Waals surface area contributed by atoms with Crippen LogP contribution in [0.5, 0.6) is 0 Å². The molecule has 1 heterocycles. The van der Waals surface area contributed by atoms with Crippen LogP contribution in [-0.2, 0) is 27.2 Å². The van der Waals surface area contributed by atoms with Crippen molar-refractivity contribution in [3.05, 3.63) is 46.3 Å². The number of methoxy groups -OCH3 is 2. The van der Waals surface area contributed by atoms with Gasteiger partial charge in [0.1, 0.15) is 0 Å². The molecule has 0 saturated carbocycles. The first-order chi connectivity index (χ1) is 13.7. The lowest BCUT2D eigenvalue weighted by Gasteiger charge is -2.10. The maximum atomic E-state index is 12.6. The molecular formula is C21H27N3O5. The van der Waals surface area contributed by atoms with Gasteiger partial charge in [-0.15, -0.1) is 0 Å². The fraction of sp³-hybridized carbons (Fsp3) is 0.429. The number of nitrogens with one attached hydrogen (secondary N) is 1. The fourth-order valence-corrected chi connectivity index (χ4v) is 3.05. The van der Waals surface area contributed by atoms with Crippen molar-refractivity contribution in [2.24, 2.45) is 5.92 Å². The van der Waals surface area contributed by atoms with Crippen LogP contribution in [0.25, 0.3) is 0 Å². The molecule has 0 aliphatic rings. The van der Waals surface area contributed by atoms with Crippen molar-refractivity contribution in [3.8, 4) is 0 Å². The molecule has 0 saturated heterocycles. The van der Waals surface area contributed by atoms with Crippen LogP contribution < -0.4 is 5.32 Å². The van der Waals surface area contributed by atoms with Gasteiger partial charge in [-0.05, 0) is 38.0 Å². The van der Waals surface area contributed by atoms with Gasteiger partial charge in [-0.2, -0.15) is 5.10 Å². The van der Waals surface area contributed by atoms with Crippen molar-refractivity contribution in [2.45, 2.75) is 40.7 Å². The minimum Gasteiger partial charge on any atom is -0.465 e. The summed E-state index contributed by atoms with van der Waals surface area (Å²) in [4.78, 5) is 36.4. The minimum atomic E-state index is -0.618. The van der Waals surface area contributed by atoms with Gasteiger partial charge in [-0.1, -0.05) is 13.8 Å². The Balaban J connectivity index is 2.25. The number of carbonyl (C=O) groups excluding carboxylic acids is 3. The highest BCUT2D eigenvalue weighted by Gasteiger charge is 2.18. The number of rotatable bonds is 7. The molecule has 0 spiro atoms. The van der Waals surface area contributed by atoms with E-state index in [0.717, 1.165) is 23.5 Å². The molecule has 0 radical (unpaired) electrons. The van der Waals surface area contributed by atoms with E-state index in [1.807, 2.05) is 18.5 Å². The highest BCUT2D eigenvalue weighted by molar-refractivity contribution is 5.99. The van der Waals surface area contributed by atoms with Gasteiger partial charge in [0, 0.05) is 23.5 Å². The summed E-state index contributed by atoms with van der Waals surface area (Å²) in [7, 11) is 2.48. The minimum absolute atomic E-state index is 0.131. The molecule has 1 aromatic carbocycles. The summed E-state index contributed by atoms with van der Waals surface area (Å²) in [6.45, 7) is 8.81. The molecular weight excluding hydrogens is 374 g/mol. The van der Waals surface area contributed by atoms with E-state index < -0.39 is 11.9 Å². The van der Waals surface area contributed by atoms with Gasteiger partial charge in [0.05, 0.1) is 37.5 Å². The van der Waals surface area contributed by atoms with Gasteiger partial charge in [-0.3, -0.25) is 9.48 Å². The maximum absolute atomic E-state index is 12.6. The SMILES string of the molecule is COC(=O)c1cc(NC(=O)Cc2c(C)nn(CC(C)C)c2C)cc(C(=O)OC)c1. The molecule has 2 aromatic rings. The molecule has 8 nitrogen and oxygen atoms in total. The number of carbonyl (C=O) groups is 3. The summed E-state index contributed by atoms with van der Waals surface area (Å²) >= 11 is 0. The van der Waals surface area contributed by atoms with Crippen molar-refractivity contribution in [2.75, 3.05) is 19.5 Å². The third kappa shape index (κ3) is 5.43. The molecule has 0 aliphatic heterocycles. The molecule has 0 unspecified atom stereocenters. The first-order valence-electron chi connectivity index (χ1n) is 9.30. The Kier molecular flexibility index (Phi) is 7.14. The van der Waals surface area contributed by atoms with Crippen molar-refractivity contribution in [3.63, 3.8) is 0 Å². The number of aromatic nitrogens is 2. The Morgan fingerprint density at radius 2 is 1.59 bits per heavy atom. The number of benzene rings is 1. The van der Waals surface area contributed by atoms with E-state index in [4.69, 9.17) is 9.47 Å². The van der Waals surface area contributed by atoms with Gasteiger partial charge in [0.2, 0.25) is 5.91 Å². The highest BCUT2D eigenvalue weighted by atomic mass is 16.5. The molecule has 0 aliphatic carbocycles. The summed E-state index contributed by atoms with van der Waals surface area (Å²) in [5.74, 6) is -1.08. The number of anilines is 1. The van der Waals surface area contributed by atoms with Crippen molar-refractivity contribution in [1.29, 1.82) is 0 Å². The van der Waals surface area contributed by atoms with Crippen LogP contribution >= 0.6 is 0 Å². The summed E-state index contributed by atoms with van der Waals surface area (Å²) < 4.78 is 11.3. The predicted molar refractivity (Wildman–Crippen MR) is 108 cm³/mol. The Morgan fingerprint density at radius 1 is 1.03 bits per heavy atom. The third-order valence-corrected chi connectivity index (χ3v) is 4.47. The summed E-state index contributed by atoms with van der Waals surface area (Å²) in [5.41, 5.74) is 3.20. The number of hydrogen-bond donors (Lipinski definition) is 1. The average molecular weight is 401 g/mol. The second-order valence-electron chi connectivity index (χ2n) is 7.23. The maximum Gasteiger partial charge on any atom is 0.337 e. The van der Waals surface area contributed by atoms with E-state index in [1.165, 1.54) is 32.4 Å². The number of hydrogen-bond acceptors (Lipinski definition) is 6. The monoisotopic (exact) mass is 401 g/mol. The highest BCUT2D eigenvalue weighted by Crippen LogP contribution is 2.19. The number of aryl methyl sites for hydroxylation is 1. The van der Waals surface area contributed by atoms with E-state index in [9.17, 15) is 14.4 Å². The first-order valence-corrected chi connectivity index (χ1v) is 9.30. The van der Waals surface area contributed by atoms with Crippen LogP contribution in [0.3, 0.4) is 0 Å². The third-order valence-electron chi connectivity index (χ3n) is 4.47. The predicted octanol–water partition coefficient (Wildman–Crippen LogP) is 2.91. The van der Waals surface area contributed by atoms with Crippen LogP contribution in [0.2, 0.25) is 0 Å². The molecule has 1 amide bonds. The van der Waals surface area contributed by atoms with Gasteiger partial charge < -0.3 is 14.8 Å². The fourth-order valence-electron chi connectivity index (χ4n) is 3.05. The Labute approximate surface area is 170 Å². The first kappa shape index (κ1) is 22.1. The topological polar surface area (TPSA) is 99.5 Å². The van der Waals surface area contributed by atoms with Crippen LogP contribution in [0.15, 0.2) is 18.2 Å². The van der Waals surface area contributed by atoms with E-state index in [2.05, 4.69) is 24.3 Å². The smallest absolute Gasteiger partial charge is 0.337 e. The van der Waals surface area contributed by atoms with Crippen molar-refractivity contribution in [1.82, 2.24) is 9.78 Å². The van der Waals surface area contributed by atoms with E-state index in [-0.39, 0.29) is 23.5 Å². The zero-order valence-electron chi connectivity index (χ0n) is 17.7. The molecule has 156 valence electrons. The Hall–Kier alpha value is -3.16. The second-order valence-corrected chi connectivity index (χ2v) is 7.23. The van der Waals surface area contributed by atoms with Gasteiger partial charge in [-0.25, -0.2) is 9.59 Å². The van der Waals surface area contributed by atoms with Gasteiger partial charge >= 0.3 is 11.9 Å². The summed E-state index contributed by atoms with van der Waals surface area (Å²) in [6, 6.07) is 4.27. The van der Waals surface area contributed by atoms with Crippen LogP contribution in [-0.4, -0.2) is 41.8 Å². The lowest BCUT2D eigenvalue weighted by atomic mass is 10.1. The van der Waals surface area contributed by atoms with E-state index >= 15 is 0 Å². The molecule has 29 heavy (non-hydrogen) atoms. The standard InChI is InChI=1S/C21H27N3O5/c1-12(2)11-24-14(4)18(13(3)23-24)10-19(25)22-17-8-15(20(26)28-5)7-16(9-17)21(27)29-6/h7-9,12H,10-11H2,1-6H3,(H,22,25). The number of nitrogens with zero attached hydrogens (tertiary/aromatic N) is 2. The van der Waals surface area contributed by atoms with Gasteiger partial charge in [0.25, 0.3) is 0 Å². The van der Waals surface area contributed by atoms with Crippen molar-refractivity contribution >= 4 is 23.5 Å². The Bertz CT molecular complexity index is 896. The summed E-state index contributed by atoms with van der Waals surface area (Å²) in [6.07, 6.45) is 0.131. The van der Waals surface area contributed by atoms with Crippen LogP contribution in [0, 0.1) is 19.8 Å². The molecule has 2 rings (SSSR count). The Morgan fingerprint density at radius 3 is 2.07 bits per heavy atom. The largest absolute Gasteiger partial charge is 0.465 e. The summed E-state index contributed by atoms with van der Waals surface area (Å²) in [5, 5.41) is 7.26. The molecule has 1 N–H and O–H groups in total. The second kappa shape index (κ2) is 9.36. The lowest BCUT2D eigenvalue weighted by molar-refractivity contribution is -0.115. The van der Waals surface area contributed by atoms with E-state index in [0.29, 0.717) is 11.6 Å². The number of amides is 1. The quantitative estimate of drug-likeness (QED) is 0.716. The zero-order valence-corrected chi connectivity index (χ0v) is 17.7. The van der Waals surface area contributed by atoms with Gasteiger partial charge in [0.15, 0.2) is 0 Å². The normalized spacial score (nSPS) is 10.7. The average Bonchev–Trinajstić information content (AvgIpc) is 2.93. The molecule has 0 atom stereocenters. The number of ether oxygens (including phenoxy) is 2. The molecule has 0 bridgehead atoms. The zero-order chi connectivity index (χ0) is 21.7. The molecule has 8 heteroatoms. The van der Waals surface area contributed by atoms with Crippen LogP contribution in [0.4, 0.5) is 5.69 Å². The number of esters is 2. The lowest BCUT2D eigenvalue weighted by Crippen LogP contribution is -2.17. The molecule has 1 aromatic heterocycles.